The summed E-state index contributed by atoms with van der Waals surface area (Å²) < 4.78 is 6.29. The minimum atomic E-state index is -0.407. The molecule has 0 spiro atoms. The van der Waals surface area contributed by atoms with Gasteiger partial charge in [0.15, 0.2) is 0 Å². The van der Waals surface area contributed by atoms with E-state index in [0.717, 1.165) is 21.6 Å². The van der Waals surface area contributed by atoms with Crippen LogP contribution in [0.3, 0.4) is 0 Å². The zero-order valence-electron chi connectivity index (χ0n) is 11.4. The van der Waals surface area contributed by atoms with Crippen LogP contribution in [0, 0.1) is 24.0 Å². The number of halogens is 1. The summed E-state index contributed by atoms with van der Waals surface area (Å²) in [6.45, 7) is 5.79. The highest BCUT2D eigenvalue weighted by Crippen LogP contribution is 2.31. The minimum absolute atomic E-state index is 0.00856. The maximum Gasteiger partial charge on any atom is 0.271 e. The lowest BCUT2D eigenvalue weighted by molar-refractivity contribution is -0.384. The van der Waals surface area contributed by atoms with Crippen molar-refractivity contribution in [3.63, 3.8) is 0 Å². The van der Waals surface area contributed by atoms with Gasteiger partial charge in [-0.1, -0.05) is 0 Å². The normalized spacial score (nSPS) is 12.2. The second kappa shape index (κ2) is 5.66. The summed E-state index contributed by atoms with van der Waals surface area (Å²) in [5.74, 6) is 1.70. The van der Waals surface area contributed by atoms with E-state index in [1.54, 1.807) is 6.07 Å². The Hall–Kier alpha value is -1.82. The molecule has 0 saturated heterocycles. The quantitative estimate of drug-likeness (QED) is 0.645. The smallest absolute Gasteiger partial charge is 0.271 e. The highest BCUT2D eigenvalue weighted by Gasteiger charge is 2.15. The largest absolute Gasteiger partial charge is 0.466 e. The van der Waals surface area contributed by atoms with Gasteiger partial charge in [0.2, 0.25) is 0 Å². The summed E-state index contributed by atoms with van der Waals surface area (Å²) in [5, 5.41) is 14.1. The Morgan fingerprint density at radius 3 is 2.60 bits per heavy atom. The lowest BCUT2D eigenvalue weighted by Crippen LogP contribution is -2.07. The molecule has 1 atom stereocenters. The Kier molecular flexibility index (Phi) is 4.13. The first-order chi connectivity index (χ1) is 9.38. The number of nitro groups is 1. The number of anilines is 1. The van der Waals surface area contributed by atoms with Crippen molar-refractivity contribution < 1.29 is 9.34 Å². The van der Waals surface area contributed by atoms with Gasteiger partial charge < -0.3 is 9.73 Å². The number of hydrogen-bond acceptors (Lipinski definition) is 4. The van der Waals surface area contributed by atoms with Gasteiger partial charge >= 0.3 is 0 Å². The van der Waals surface area contributed by atoms with Crippen molar-refractivity contribution in [2.45, 2.75) is 26.8 Å². The van der Waals surface area contributed by atoms with Gasteiger partial charge in [-0.05, 0) is 48.8 Å². The Morgan fingerprint density at radius 2 is 2.05 bits per heavy atom. The molecule has 0 aliphatic carbocycles. The van der Waals surface area contributed by atoms with Crippen LogP contribution in [0.5, 0.6) is 0 Å². The van der Waals surface area contributed by atoms with Crippen LogP contribution in [0.15, 0.2) is 33.2 Å². The van der Waals surface area contributed by atoms with Crippen molar-refractivity contribution in [2.75, 3.05) is 5.32 Å². The van der Waals surface area contributed by atoms with E-state index in [0.29, 0.717) is 5.69 Å². The highest BCUT2D eigenvalue weighted by atomic mass is 79.9. The average molecular weight is 339 g/mol. The van der Waals surface area contributed by atoms with E-state index in [1.807, 2.05) is 26.8 Å². The molecule has 0 saturated carbocycles. The van der Waals surface area contributed by atoms with Gasteiger partial charge in [0.25, 0.3) is 5.69 Å². The van der Waals surface area contributed by atoms with Crippen molar-refractivity contribution in [1.29, 1.82) is 0 Å². The molecule has 2 aromatic rings. The van der Waals surface area contributed by atoms with Crippen LogP contribution >= 0.6 is 15.9 Å². The maximum atomic E-state index is 10.8. The molecular weight excluding hydrogens is 324 g/mol. The molecule has 0 bridgehead atoms. The number of aryl methyl sites for hydroxylation is 2. The molecule has 1 aromatic heterocycles. The molecule has 2 rings (SSSR count). The summed E-state index contributed by atoms with van der Waals surface area (Å²) in [7, 11) is 0. The molecule has 0 fully saturated rings. The fraction of sp³-hybridized carbons (Fsp3) is 0.286. The number of rotatable bonds is 4. The summed E-state index contributed by atoms with van der Waals surface area (Å²) in [6, 6.07) is 6.61. The van der Waals surface area contributed by atoms with E-state index in [2.05, 4.69) is 21.2 Å². The molecule has 0 radical (unpaired) electrons. The van der Waals surface area contributed by atoms with E-state index in [-0.39, 0.29) is 11.7 Å². The first-order valence-electron chi connectivity index (χ1n) is 6.16. The van der Waals surface area contributed by atoms with Gasteiger partial charge in [-0.3, -0.25) is 10.1 Å². The van der Waals surface area contributed by atoms with Crippen LogP contribution in [0.25, 0.3) is 0 Å². The third-order valence-corrected chi connectivity index (χ3v) is 3.77. The van der Waals surface area contributed by atoms with Crippen LogP contribution in [-0.2, 0) is 0 Å². The second-order valence-electron chi connectivity index (χ2n) is 4.66. The van der Waals surface area contributed by atoms with Gasteiger partial charge in [0, 0.05) is 22.2 Å². The highest BCUT2D eigenvalue weighted by molar-refractivity contribution is 9.10. The third kappa shape index (κ3) is 3.01. The first kappa shape index (κ1) is 14.6. The Labute approximate surface area is 125 Å². The number of hydrogen-bond donors (Lipinski definition) is 1. The van der Waals surface area contributed by atoms with Gasteiger partial charge in [0.1, 0.15) is 11.5 Å². The predicted octanol–water partition coefficient (Wildman–Crippen LogP) is 4.74. The minimum Gasteiger partial charge on any atom is -0.466 e. The SMILES string of the molecule is Cc1cc(C(C)Nc2cc([N+](=O)[O-])ccc2Br)c(C)o1. The van der Waals surface area contributed by atoms with Crippen molar-refractivity contribution >= 4 is 27.3 Å². The van der Waals surface area contributed by atoms with E-state index in [4.69, 9.17) is 4.42 Å². The summed E-state index contributed by atoms with van der Waals surface area (Å²) in [5.41, 5.74) is 1.79. The number of benzene rings is 1. The first-order valence-corrected chi connectivity index (χ1v) is 6.95. The van der Waals surface area contributed by atoms with Gasteiger partial charge in [0.05, 0.1) is 16.7 Å². The van der Waals surface area contributed by atoms with Crippen LogP contribution in [0.2, 0.25) is 0 Å². The van der Waals surface area contributed by atoms with Crippen molar-refractivity contribution in [1.82, 2.24) is 0 Å². The maximum absolute atomic E-state index is 10.8. The fourth-order valence-corrected chi connectivity index (χ4v) is 2.49. The van der Waals surface area contributed by atoms with Crippen LogP contribution in [0.1, 0.15) is 30.0 Å². The summed E-state index contributed by atoms with van der Waals surface area (Å²) in [4.78, 5) is 10.4. The zero-order chi connectivity index (χ0) is 14.9. The number of nitro benzene ring substituents is 1. The van der Waals surface area contributed by atoms with Crippen molar-refractivity contribution in [2.24, 2.45) is 0 Å². The standard InChI is InChI=1S/C14H15BrN2O3/c1-8-6-12(10(3)20-8)9(2)16-14-7-11(17(18)19)4-5-13(14)15/h4-7,9,16H,1-3H3. The third-order valence-electron chi connectivity index (χ3n) is 3.08. The molecule has 6 heteroatoms. The molecule has 1 N–H and O–H groups in total. The number of nitrogens with one attached hydrogen (secondary N) is 1. The summed E-state index contributed by atoms with van der Waals surface area (Å²) in [6.07, 6.45) is 0. The molecule has 0 aliphatic rings. The van der Waals surface area contributed by atoms with E-state index in [9.17, 15) is 10.1 Å². The van der Waals surface area contributed by atoms with E-state index in [1.165, 1.54) is 12.1 Å². The Balaban J connectivity index is 2.27. The lowest BCUT2D eigenvalue weighted by atomic mass is 10.1. The van der Waals surface area contributed by atoms with Crippen LogP contribution in [0.4, 0.5) is 11.4 Å². The van der Waals surface area contributed by atoms with Gasteiger partial charge in [-0.15, -0.1) is 0 Å². The Morgan fingerprint density at radius 1 is 1.35 bits per heavy atom. The number of nitrogens with zero attached hydrogens (tertiary/aromatic N) is 1. The van der Waals surface area contributed by atoms with Crippen LogP contribution < -0.4 is 5.32 Å². The zero-order valence-corrected chi connectivity index (χ0v) is 13.0. The Bertz CT molecular complexity index is 652. The molecular formula is C14H15BrN2O3. The van der Waals surface area contributed by atoms with Crippen molar-refractivity contribution in [3.8, 4) is 0 Å². The average Bonchev–Trinajstić information content (AvgIpc) is 2.71. The van der Waals surface area contributed by atoms with Crippen LogP contribution in [-0.4, -0.2) is 4.92 Å². The molecule has 0 aliphatic heterocycles. The molecule has 20 heavy (non-hydrogen) atoms. The van der Waals surface area contributed by atoms with Gasteiger partial charge in [-0.25, -0.2) is 0 Å². The predicted molar refractivity (Wildman–Crippen MR) is 81.0 cm³/mol. The summed E-state index contributed by atoms with van der Waals surface area (Å²) >= 11 is 3.40. The monoisotopic (exact) mass is 338 g/mol. The number of non-ortho nitro benzene ring substituents is 1. The molecule has 1 aromatic carbocycles. The van der Waals surface area contributed by atoms with Crippen molar-refractivity contribution in [3.05, 3.63) is 55.9 Å². The topological polar surface area (TPSA) is 68.3 Å². The molecule has 1 unspecified atom stereocenters. The molecule has 1 heterocycles. The lowest BCUT2D eigenvalue weighted by Gasteiger charge is -2.15. The van der Waals surface area contributed by atoms with E-state index >= 15 is 0 Å². The fourth-order valence-electron chi connectivity index (χ4n) is 2.13. The van der Waals surface area contributed by atoms with Gasteiger partial charge in [-0.2, -0.15) is 0 Å². The molecule has 106 valence electrons. The molecule has 0 amide bonds. The van der Waals surface area contributed by atoms with E-state index < -0.39 is 4.92 Å². The number of furan rings is 1. The molecule has 5 nitrogen and oxygen atoms in total. The second-order valence-corrected chi connectivity index (χ2v) is 5.51.